The number of fused-ring (bicyclic) bond motifs is 2. The molecule has 0 spiro atoms. The Morgan fingerprint density at radius 3 is 2.19 bits per heavy atom. The molecule has 0 aliphatic heterocycles. The van der Waals surface area contributed by atoms with Gasteiger partial charge in [-0.2, -0.15) is 0 Å². The molecule has 0 saturated heterocycles. The first-order valence-corrected chi connectivity index (χ1v) is 14.8. The molecule has 1 aliphatic carbocycles. The molecule has 5 heteroatoms. The van der Waals surface area contributed by atoms with Crippen molar-refractivity contribution in [3.05, 3.63) is 136 Å². The Morgan fingerprint density at radius 1 is 0.857 bits per heavy atom. The fourth-order valence-corrected chi connectivity index (χ4v) is 6.00. The molecule has 218 valence electrons. The molecule has 2 unspecified atom stereocenters. The molecule has 0 fully saturated rings. The Hall–Kier alpha value is -3.93. The van der Waals surface area contributed by atoms with Crippen LogP contribution in [-0.2, 0) is 41.6 Å². The van der Waals surface area contributed by atoms with Gasteiger partial charge < -0.3 is 14.6 Å². The van der Waals surface area contributed by atoms with Crippen LogP contribution in [0.2, 0.25) is 0 Å². The van der Waals surface area contributed by atoms with E-state index in [0.717, 1.165) is 43.5 Å². The number of aliphatic carboxylic acids is 1. The average Bonchev–Trinajstić information content (AvgIpc) is 3.16. The Balaban J connectivity index is 1.29. The molecule has 2 atom stereocenters. The van der Waals surface area contributed by atoms with Gasteiger partial charge in [-0.25, -0.2) is 4.79 Å². The third-order valence-corrected chi connectivity index (χ3v) is 8.36. The average molecular weight is 564 g/mol. The van der Waals surface area contributed by atoms with E-state index in [9.17, 15) is 9.90 Å². The van der Waals surface area contributed by atoms with Gasteiger partial charge in [0.2, 0.25) is 0 Å². The predicted octanol–water partition coefficient (Wildman–Crippen LogP) is 6.62. The summed E-state index contributed by atoms with van der Waals surface area (Å²) in [5.74, 6) is -0.183. The largest absolute Gasteiger partial charge is 0.492 e. The van der Waals surface area contributed by atoms with E-state index in [0.29, 0.717) is 13.0 Å². The Kier molecular flexibility index (Phi) is 9.73. The number of hydrogen-bond acceptors (Lipinski definition) is 4. The molecule has 5 rings (SSSR count). The number of carboxylic acid groups (broad SMARTS) is 1. The van der Waals surface area contributed by atoms with Crippen LogP contribution < -0.4 is 4.74 Å². The molecule has 0 amide bonds. The van der Waals surface area contributed by atoms with Crippen molar-refractivity contribution in [1.82, 2.24) is 4.90 Å². The third-order valence-electron chi connectivity index (χ3n) is 8.36. The summed E-state index contributed by atoms with van der Waals surface area (Å²) in [6.45, 7) is 3.49. The minimum absolute atomic E-state index is 0.161. The minimum atomic E-state index is -0.957. The number of methoxy groups -OCH3 is 1. The zero-order chi connectivity index (χ0) is 29.5. The lowest BCUT2D eigenvalue weighted by Crippen LogP contribution is -2.30. The molecule has 0 saturated carbocycles. The van der Waals surface area contributed by atoms with Crippen LogP contribution in [0.1, 0.15) is 50.5 Å². The number of likely N-dealkylation sites (N-methyl/N-ethyl adjacent to an activating group) is 1. The van der Waals surface area contributed by atoms with Crippen LogP contribution in [0, 0.1) is 6.92 Å². The van der Waals surface area contributed by atoms with E-state index in [-0.39, 0.29) is 6.04 Å². The number of hydrogen-bond donors (Lipinski definition) is 1. The monoisotopic (exact) mass is 563 g/mol. The zero-order valence-electron chi connectivity index (χ0n) is 24.9. The quantitative estimate of drug-likeness (QED) is 0.210. The lowest BCUT2D eigenvalue weighted by molar-refractivity contribution is -0.148. The Labute approximate surface area is 249 Å². The Morgan fingerprint density at radius 2 is 1.50 bits per heavy atom. The summed E-state index contributed by atoms with van der Waals surface area (Å²) in [6.07, 6.45) is 3.66. The van der Waals surface area contributed by atoms with Crippen LogP contribution in [-0.4, -0.2) is 49.4 Å². The second-order valence-electron chi connectivity index (χ2n) is 11.4. The number of rotatable bonds is 12. The molecule has 0 radical (unpaired) electrons. The lowest BCUT2D eigenvalue weighted by Gasteiger charge is -2.30. The summed E-state index contributed by atoms with van der Waals surface area (Å²) < 4.78 is 11.2. The van der Waals surface area contributed by atoms with Crippen LogP contribution in [0.5, 0.6) is 5.75 Å². The first-order valence-electron chi connectivity index (χ1n) is 14.8. The second-order valence-corrected chi connectivity index (χ2v) is 11.4. The van der Waals surface area contributed by atoms with Crippen molar-refractivity contribution < 1.29 is 19.4 Å². The predicted molar refractivity (Wildman–Crippen MR) is 167 cm³/mol. The first-order chi connectivity index (χ1) is 20.4. The number of benzene rings is 4. The van der Waals surface area contributed by atoms with Gasteiger partial charge in [-0.15, -0.1) is 0 Å². The normalized spacial score (nSPS) is 15.0. The van der Waals surface area contributed by atoms with Crippen LogP contribution >= 0.6 is 0 Å². The molecule has 1 aliphatic rings. The van der Waals surface area contributed by atoms with E-state index in [2.05, 4.69) is 85.6 Å². The number of carbonyl (C=O) groups is 1. The fourth-order valence-electron chi connectivity index (χ4n) is 6.00. The topological polar surface area (TPSA) is 59.0 Å². The number of nitrogens with zero attached hydrogens (tertiary/aromatic N) is 1. The maximum atomic E-state index is 11.3. The van der Waals surface area contributed by atoms with Gasteiger partial charge in [0.25, 0.3) is 0 Å². The van der Waals surface area contributed by atoms with Crippen LogP contribution in [0.4, 0.5) is 0 Å². The van der Waals surface area contributed by atoms with E-state index >= 15 is 0 Å². The van der Waals surface area contributed by atoms with Crippen LogP contribution in [0.25, 0.3) is 0 Å². The van der Waals surface area contributed by atoms with E-state index in [4.69, 9.17) is 9.47 Å². The minimum Gasteiger partial charge on any atom is -0.492 e. The maximum absolute atomic E-state index is 11.3. The van der Waals surface area contributed by atoms with Crippen LogP contribution in [0.3, 0.4) is 0 Å². The number of aryl methyl sites for hydroxylation is 5. The second kappa shape index (κ2) is 13.8. The van der Waals surface area contributed by atoms with Gasteiger partial charge in [-0.3, -0.25) is 4.90 Å². The van der Waals surface area contributed by atoms with Crippen molar-refractivity contribution in [2.24, 2.45) is 0 Å². The maximum Gasteiger partial charge on any atom is 0.333 e. The standard InChI is InChI=1S/C37H41NO4/c1-26-9-19-33-30(23-26)15-16-31-24-28(11-10-27-7-5-4-6-8-27)14-20-34(31)36(33)38(2)21-22-42-32-17-12-29(13-18-32)25-35(41-3)37(39)40/h4-9,12-14,17-20,23-24,35-36H,10-11,15-16,21-22,25H2,1-3H3,(H,39,40). The van der Waals surface area contributed by atoms with Crippen molar-refractivity contribution in [2.45, 2.75) is 51.2 Å². The zero-order valence-corrected chi connectivity index (χ0v) is 24.9. The SMILES string of the molecule is COC(Cc1ccc(OCCN(C)C2c3ccc(C)cc3CCc3cc(CCc4ccccc4)ccc32)cc1)C(=O)O. The highest BCUT2D eigenvalue weighted by molar-refractivity contribution is 5.72. The third kappa shape index (κ3) is 7.28. The molecule has 5 nitrogen and oxygen atoms in total. The summed E-state index contributed by atoms with van der Waals surface area (Å²) in [4.78, 5) is 13.7. The van der Waals surface area contributed by atoms with Gasteiger partial charge in [0.1, 0.15) is 12.4 Å². The number of carboxylic acids is 1. The molecular formula is C37H41NO4. The van der Waals surface area contributed by atoms with E-state index in [1.165, 1.54) is 46.1 Å². The summed E-state index contributed by atoms with van der Waals surface area (Å²) in [6, 6.07) is 32.5. The van der Waals surface area contributed by atoms with Crippen LogP contribution in [0.15, 0.2) is 91.0 Å². The highest BCUT2D eigenvalue weighted by atomic mass is 16.5. The lowest BCUT2D eigenvalue weighted by atomic mass is 9.91. The molecule has 0 heterocycles. The van der Waals surface area contributed by atoms with Gasteiger partial charge in [-0.05, 0) is 90.7 Å². The summed E-state index contributed by atoms with van der Waals surface area (Å²) in [5.41, 5.74) is 10.6. The summed E-state index contributed by atoms with van der Waals surface area (Å²) >= 11 is 0. The molecule has 4 aromatic rings. The molecule has 0 aromatic heterocycles. The van der Waals surface area contributed by atoms with Gasteiger partial charge in [0.15, 0.2) is 6.10 Å². The van der Waals surface area contributed by atoms with E-state index in [1.807, 2.05) is 24.3 Å². The highest BCUT2D eigenvalue weighted by Crippen LogP contribution is 2.37. The fraction of sp³-hybridized carbons (Fsp3) is 0.324. The molecule has 4 aromatic carbocycles. The van der Waals surface area contributed by atoms with Gasteiger partial charge in [0, 0.05) is 20.1 Å². The van der Waals surface area contributed by atoms with Crippen molar-refractivity contribution in [3.8, 4) is 5.75 Å². The number of ether oxygens (including phenoxy) is 2. The van der Waals surface area contributed by atoms with Crippen molar-refractivity contribution in [1.29, 1.82) is 0 Å². The van der Waals surface area contributed by atoms with Crippen molar-refractivity contribution >= 4 is 5.97 Å². The van der Waals surface area contributed by atoms with Gasteiger partial charge in [-0.1, -0.05) is 84.4 Å². The van der Waals surface area contributed by atoms with Gasteiger partial charge >= 0.3 is 5.97 Å². The molecular weight excluding hydrogens is 522 g/mol. The Bertz CT molecular complexity index is 1480. The van der Waals surface area contributed by atoms with E-state index in [1.54, 1.807) is 0 Å². The van der Waals surface area contributed by atoms with Crippen molar-refractivity contribution in [3.63, 3.8) is 0 Å². The molecule has 0 bridgehead atoms. The molecule has 1 N–H and O–H groups in total. The first kappa shape index (κ1) is 29.6. The summed E-state index contributed by atoms with van der Waals surface area (Å²) in [5, 5.41) is 9.24. The van der Waals surface area contributed by atoms with Gasteiger partial charge in [0.05, 0.1) is 6.04 Å². The van der Waals surface area contributed by atoms with Crippen molar-refractivity contribution in [2.75, 3.05) is 27.3 Å². The molecule has 42 heavy (non-hydrogen) atoms. The van der Waals surface area contributed by atoms with E-state index < -0.39 is 12.1 Å². The summed E-state index contributed by atoms with van der Waals surface area (Å²) in [7, 11) is 3.61. The smallest absolute Gasteiger partial charge is 0.333 e. The highest BCUT2D eigenvalue weighted by Gasteiger charge is 2.27.